The zero-order valence-electron chi connectivity index (χ0n) is 28.4. The largest absolute Gasteiger partial charge is 0.311 e. The van der Waals surface area contributed by atoms with E-state index in [1.165, 1.54) is 71.6 Å². The second-order valence-electron chi connectivity index (χ2n) is 13.7. The second-order valence-corrected chi connectivity index (χ2v) is 14.7. The molecule has 9 aromatic carbocycles. The van der Waals surface area contributed by atoms with Gasteiger partial charge in [-0.05, 0) is 116 Å². The lowest BCUT2D eigenvalue weighted by atomic mass is 9.91. The Morgan fingerprint density at radius 3 is 1.58 bits per heavy atom. The van der Waals surface area contributed by atoms with Gasteiger partial charge in [0.1, 0.15) is 10.8 Å². The van der Waals surface area contributed by atoms with Crippen molar-refractivity contribution >= 4 is 60.7 Å². The van der Waals surface area contributed by atoms with Gasteiger partial charge >= 0.3 is 0 Å². The molecule has 0 spiro atoms. The van der Waals surface area contributed by atoms with E-state index in [4.69, 9.17) is 4.98 Å². The molecule has 10 aromatic rings. The summed E-state index contributed by atoms with van der Waals surface area (Å²) in [5, 5.41) is 8.90. The number of halogens is 1. The molecule has 0 saturated heterocycles. The normalized spacial score (nSPS) is 11.9. The lowest BCUT2D eigenvalue weighted by molar-refractivity contribution is 0.628. The van der Waals surface area contributed by atoms with Gasteiger partial charge in [0.2, 0.25) is 0 Å². The molecule has 11 rings (SSSR count). The fourth-order valence-corrected chi connectivity index (χ4v) is 9.22. The number of anilines is 3. The smallest absolute Gasteiger partial charge is 0.124 e. The summed E-state index contributed by atoms with van der Waals surface area (Å²) in [5.74, 6) is -0.234. The van der Waals surface area contributed by atoms with E-state index >= 15 is 0 Å². The first-order valence-electron chi connectivity index (χ1n) is 17.8. The Hall–Kier alpha value is -6.62. The van der Waals surface area contributed by atoms with Crippen molar-refractivity contribution in [2.24, 2.45) is 0 Å². The summed E-state index contributed by atoms with van der Waals surface area (Å²) in [7, 11) is 0. The lowest BCUT2D eigenvalue weighted by Crippen LogP contribution is -2.09. The topological polar surface area (TPSA) is 16.1 Å². The first-order chi connectivity index (χ1) is 26.2. The molecule has 0 atom stereocenters. The summed E-state index contributed by atoms with van der Waals surface area (Å²) in [5.41, 5.74) is 12.2. The third kappa shape index (κ3) is 4.80. The van der Waals surface area contributed by atoms with Crippen LogP contribution < -0.4 is 4.90 Å². The summed E-state index contributed by atoms with van der Waals surface area (Å²) in [6.45, 7) is 0. The summed E-state index contributed by atoms with van der Waals surface area (Å²) < 4.78 is 13.6. The van der Waals surface area contributed by atoms with E-state index in [1.807, 2.05) is 18.2 Å². The monoisotopic (exact) mass is 696 g/mol. The minimum absolute atomic E-state index is 0.234. The van der Waals surface area contributed by atoms with Crippen molar-refractivity contribution in [3.8, 4) is 54.5 Å². The van der Waals surface area contributed by atoms with Crippen LogP contribution in [0.4, 0.5) is 21.5 Å². The van der Waals surface area contributed by atoms with E-state index in [0.717, 1.165) is 44.5 Å². The highest BCUT2D eigenvalue weighted by Crippen LogP contribution is 2.54. The van der Waals surface area contributed by atoms with Crippen LogP contribution in [0, 0.1) is 5.82 Å². The number of benzene rings is 9. The van der Waals surface area contributed by atoms with E-state index in [2.05, 4.69) is 150 Å². The van der Waals surface area contributed by atoms with E-state index in [-0.39, 0.29) is 5.82 Å². The number of fused-ring (bicyclic) bond motifs is 3. The first kappa shape index (κ1) is 30.0. The van der Waals surface area contributed by atoms with Crippen molar-refractivity contribution in [2.45, 2.75) is 0 Å². The fourth-order valence-electron chi connectivity index (χ4n) is 8.11. The highest BCUT2D eigenvalue weighted by Gasteiger charge is 2.28. The summed E-state index contributed by atoms with van der Waals surface area (Å²) >= 11 is 1.78. The SMILES string of the molecule is Fc1ccc(-c2ccc(N(c3ccc(-c4ccccc4)cc3)c3ccc(-c4nc5c(s4)-c4cc6cccc7ccc8ccc-5c4c8c76)cc3)cc2)cc1. The number of hydrogen-bond donors (Lipinski definition) is 0. The molecule has 2 nitrogen and oxygen atoms in total. The number of rotatable bonds is 6. The molecule has 0 saturated carbocycles. The number of nitrogens with zero attached hydrogens (tertiary/aromatic N) is 2. The average molecular weight is 697 g/mol. The van der Waals surface area contributed by atoms with Gasteiger partial charge in [-0.25, -0.2) is 9.37 Å². The predicted molar refractivity (Wildman–Crippen MR) is 221 cm³/mol. The molecule has 1 aliphatic rings. The highest BCUT2D eigenvalue weighted by molar-refractivity contribution is 7.19. The van der Waals surface area contributed by atoms with Gasteiger partial charge in [-0.3, -0.25) is 0 Å². The predicted octanol–water partition coefficient (Wildman–Crippen LogP) is 14.3. The van der Waals surface area contributed by atoms with Crippen LogP contribution in [0.15, 0.2) is 176 Å². The molecule has 1 aliphatic carbocycles. The van der Waals surface area contributed by atoms with Crippen LogP contribution in [0.5, 0.6) is 0 Å². The molecule has 0 N–H and O–H groups in total. The minimum Gasteiger partial charge on any atom is -0.311 e. The second kappa shape index (κ2) is 11.7. The van der Waals surface area contributed by atoms with Crippen LogP contribution in [-0.2, 0) is 0 Å². The highest BCUT2D eigenvalue weighted by atomic mass is 32.1. The zero-order chi connectivity index (χ0) is 35.0. The van der Waals surface area contributed by atoms with Crippen molar-refractivity contribution in [3.05, 3.63) is 182 Å². The van der Waals surface area contributed by atoms with Crippen molar-refractivity contribution < 1.29 is 4.39 Å². The Morgan fingerprint density at radius 1 is 0.415 bits per heavy atom. The van der Waals surface area contributed by atoms with Crippen LogP contribution in [0.3, 0.4) is 0 Å². The summed E-state index contributed by atoms with van der Waals surface area (Å²) in [4.78, 5) is 8.83. The molecule has 53 heavy (non-hydrogen) atoms. The van der Waals surface area contributed by atoms with Gasteiger partial charge in [-0.15, -0.1) is 11.3 Å². The molecule has 0 aliphatic heterocycles. The van der Waals surface area contributed by atoms with E-state index in [9.17, 15) is 4.39 Å². The van der Waals surface area contributed by atoms with Gasteiger partial charge in [-0.2, -0.15) is 0 Å². The number of thiazole rings is 1. The Morgan fingerprint density at radius 2 is 0.943 bits per heavy atom. The molecular weight excluding hydrogens is 668 g/mol. The maximum atomic E-state index is 13.6. The summed E-state index contributed by atoms with van der Waals surface area (Å²) in [6.07, 6.45) is 0. The van der Waals surface area contributed by atoms with Crippen molar-refractivity contribution in [2.75, 3.05) is 4.90 Å². The van der Waals surface area contributed by atoms with Crippen LogP contribution >= 0.6 is 11.3 Å². The van der Waals surface area contributed by atoms with E-state index in [1.54, 1.807) is 11.3 Å². The standard InChI is InChI=1S/C49H29FN2S/c50-38-20-11-31(12-21-38)33-15-24-40(25-16-33)52(39-22-13-32(14-23-39)30-5-2-1-3-6-30)41-26-17-36(18-27-41)49-51-47-42-28-19-35-10-9-34-7-4-8-37-29-43(48(47)53-49)46(42)45(35)44(34)37/h1-29H. The van der Waals surface area contributed by atoms with Gasteiger partial charge in [0.05, 0.1) is 10.6 Å². The Bertz CT molecular complexity index is 2970. The molecule has 0 unspecified atom stereocenters. The average Bonchev–Trinajstić information content (AvgIpc) is 3.78. The minimum atomic E-state index is -0.234. The summed E-state index contributed by atoms with van der Waals surface area (Å²) in [6, 6.07) is 61.0. The fraction of sp³-hybridized carbons (Fsp3) is 0. The van der Waals surface area contributed by atoms with Gasteiger partial charge in [0.25, 0.3) is 0 Å². The third-order valence-electron chi connectivity index (χ3n) is 10.7. The van der Waals surface area contributed by atoms with Crippen LogP contribution in [0.1, 0.15) is 0 Å². The molecule has 0 radical (unpaired) electrons. The van der Waals surface area contributed by atoms with E-state index < -0.39 is 0 Å². The Kier molecular flexibility index (Phi) is 6.64. The van der Waals surface area contributed by atoms with Crippen molar-refractivity contribution in [1.82, 2.24) is 4.98 Å². The quantitative estimate of drug-likeness (QED) is 0.161. The van der Waals surface area contributed by atoms with Crippen LogP contribution in [-0.4, -0.2) is 4.98 Å². The van der Waals surface area contributed by atoms with Gasteiger partial charge in [0.15, 0.2) is 0 Å². The molecule has 1 aromatic heterocycles. The molecule has 0 bridgehead atoms. The van der Waals surface area contributed by atoms with Crippen molar-refractivity contribution in [3.63, 3.8) is 0 Å². The van der Waals surface area contributed by atoms with Crippen LogP contribution in [0.25, 0.3) is 86.8 Å². The molecule has 0 fully saturated rings. The van der Waals surface area contributed by atoms with Gasteiger partial charge in [-0.1, -0.05) is 109 Å². The Balaban J connectivity index is 0.973. The molecule has 248 valence electrons. The number of hydrogen-bond acceptors (Lipinski definition) is 3. The van der Waals surface area contributed by atoms with Gasteiger partial charge in [0, 0.05) is 39.1 Å². The maximum Gasteiger partial charge on any atom is 0.124 e. The molecular formula is C49H29FN2S. The van der Waals surface area contributed by atoms with E-state index in [0.29, 0.717) is 0 Å². The number of aromatic nitrogens is 1. The third-order valence-corrected chi connectivity index (χ3v) is 11.8. The Labute approximate surface area is 310 Å². The zero-order valence-corrected chi connectivity index (χ0v) is 29.2. The molecule has 4 heteroatoms. The first-order valence-corrected chi connectivity index (χ1v) is 18.6. The maximum absolute atomic E-state index is 13.6. The molecule has 0 amide bonds. The van der Waals surface area contributed by atoms with Crippen molar-refractivity contribution in [1.29, 1.82) is 0 Å². The van der Waals surface area contributed by atoms with Gasteiger partial charge < -0.3 is 4.90 Å². The van der Waals surface area contributed by atoms with Crippen LogP contribution in [0.2, 0.25) is 0 Å². The lowest BCUT2D eigenvalue weighted by Gasteiger charge is -2.26. The molecule has 1 heterocycles.